The quantitative estimate of drug-likeness (QED) is 0.882. The van der Waals surface area contributed by atoms with Crippen LogP contribution in [-0.2, 0) is 4.79 Å². The molecule has 4 atom stereocenters. The lowest BCUT2D eigenvalue weighted by molar-refractivity contribution is -0.132. The number of amides is 2. The van der Waals surface area contributed by atoms with Crippen molar-refractivity contribution in [3.8, 4) is 5.82 Å². The van der Waals surface area contributed by atoms with Crippen LogP contribution in [0.15, 0.2) is 36.8 Å². The Morgan fingerprint density at radius 2 is 2.22 bits per heavy atom. The van der Waals surface area contributed by atoms with Crippen LogP contribution in [0.3, 0.4) is 0 Å². The zero-order valence-electron chi connectivity index (χ0n) is 14.9. The summed E-state index contributed by atoms with van der Waals surface area (Å²) in [4.78, 5) is 31.0. The minimum Gasteiger partial charge on any atom is -0.340 e. The fraction of sp³-hybridized carbons (Fsp3) is 0.474. The molecule has 1 N–H and O–H groups in total. The van der Waals surface area contributed by atoms with E-state index in [1.54, 1.807) is 47.1 Å². The van der Waals surface area contributed by atoms with E-state index in [4.69, 9.17) is 0 Å². The van der Waals surface area contributed by atoms with Gasteiger partial charge in [-0.15, -0.1) is 0 Å². The summed E-state index contributed by atoms with van der Waals surface area (Å²) >= 11 is 0. The molecule has 3 aliphatic rings. The van der Waals surface area contributed by atoms with Crippen molar-refractivity contribution >= 4 is 11.8 Å². The van der Waals surface area contributed by atoms with Crippen LogP contribution < -0.4 is 5.32 Å². The van der Waals surface area contributed by atoms with Crippen LogP contribution in [-0.4, -0.2) is 56.3 Å². The van der Waals surface area contributed by atoms with E-state index in [0.717, 1.165) is 6.42 Å². The van der Waals surface area contributed by atoms with Crippen molar-refractivity contribution in [2.75, 3.05) is 13.1 Å². The number of carbonyl (C=O) groups excluding carboxylic acids is 2. The van der Waals surface area contributed by atoms with Gasteiger partial charge in [0.05, 0.1) is 5.56 Å². The SMILES string of the molecule is C[C@@H](NC(=O)c1ccc(-n2cccn2)nc1)C(=O)N1CC[C@@]2(C1)C1CC12F. The van der Waals surface area contributed by atoms with Crippen molar-refractivity contribution in [3.05, 3.63) is 42.4 Å². The van der Waals surface area contributed by atoms with E-state index < -0.39 is 11.7 Å². The highest BCUT2D eigenvalue weighted by Gasteiger charge is 2.91. The van der Waals surface area contributed by atoms with Crippen LogP contribution in [0.5, 0.6) is 0 Å². The molecule has 8 heteroatoms. The highest BCUT2D eigenvalue weighted by atomic mass is 19.1. The number of pyridine rings is 1. The third kappa shape index (κ3) is 2.32. The largest absolute Gasteiger partial charge is 0.340 e. The molecule has 2 aromatic heterocycles. The summed E-state index contributed by atoms with van der Waals surface area (Å²) < 4.78 is 15.8. The van der Waals surface area contributed by atoms with Gasteiger partial charge in [0.15, 0.2) is 5.82 Å². The first-order valence-corrected chi connectivity index (χ1v) is 9.19. The molecule has 0 bridgehead atoms. The second-order valence-electron chi connectivity index (χ2n) is 7.84. The molecule has 1 aliphatic heterocycles. The number of halogens is 1. The number of hydrogen-bond acceptors (Lipinski definition) is 4. The first kappa shape index (κ1) is 16.4. The van der Waals surface area contributed by atoms with Crippen LogP contribution in [0.2, 0.25) is 0 Å². The number of nitrogens with zero attached hydrogens (tertiary/aromatic N) is 4. The molecule has 0 radical (unpaired) electrons. The number of fused-ring (bicyclic) bond motifs is 3. The molecule has 2 aliphatic carbocycles. The average Bonchev–Trinajstić information content (AvgIpc) is 3.26. The van der Waals surface area contributed by atoms with Crippen molar-refractivity contribution in [2.45, 2.75) is 31.5 Å². The number of likely N-dealkylation sites (tertiary alicyclic amines) is 1. The van der Waals surface area contributed by atoms with E-state index in [0.29, 0.717) is 30.9 Å². The maximum atomic E-state index is 14.2. The van der Waals surface area contributed by atoms with Gasteiger partial charge in [-0.3, -0.25) is 9.59 Å². The van der Waals surface area contributed by atoms with Gasteiger partial charge >= 0.3 is 0 Å². The molecule has 2 amide bonds. The highest BCUT2D eigenvalue weighted by molar-refractivity contribution is 5.97. The monoisotopic (exact) mass is 369 g/mol. The smallest absolute Gasteiger partial charge is 0.253 e. The van der Waals surface area contributed by atoms with Gasteiger partial charge in [-0.2, -0.15) is 5.10 Å². The lowest BCUT2D eigenvalue weighted by Gasteiger charge is -2.23. The number of carbonyl (C=O) groups is 2. The molecule has 27 heavy (non-hydrogen) atoms. The molecule has 2 aromatic rings. The first-order valence-electron chi connectivity index (χ1n) is 9.19. The van der Waals surface area contributed by atoms with Crippen LogP contribution in [0, 0.1) is 11.3 Å². The van der Waals surface area contributed by atoms with Crippen LogP contribution >= 0.6 is 0 Å². The number of alkyl halides is 1. The number of nitrogens with one attached hydrogen (secondary N) is 1. The second kappa shape index (κ2) is 5.37. The van der Waals surface area contributed by atoms with Gasteiger partial charge in [0, 0.05) is 43.0 Å². The minimum atomic E-state index is -1.00. The van der Waals surface area contributed by atoms with Crippen LogP contribution in [0.25, 0.3) is 5.82 Å². The maximum absolute atomic E-state index is 14.2. The molecule has 140 valence electrons. The van der Waals surface area contributed by atoms with Crippen molar-refractivity contribution in [2.24, 2.45) is 11.3 Å². The van der Waals surface area contributed by atoms with E-state index in [1.165, 1.54) is 6.20 Å². The average molecular weight is 369 g/mol. The Kier molecular flexibility index (Phi) is 3.26. The van der Waals surface area contributed by atoms with Crippen LogP contribution in [0.4, 0.5) is 4.39 Å². The zero-order valence-corrected chi connectivity index (χ0v) is 14.9. The number of aromatic nitrogens is 3. The fourth-order valence-corrected chi connectivity index (χ4v) is 4.54. The van der Waals surface area contributed by atoms with E-state index in [-0.39, 0.29) is 23.1 Å². The molecule has 2 saturated carbocycles. The molecule has 3 heterocycles. The van der Waals surface area contributed by atoms with Crippen LogP contribution in [0.1, 0.15) is 30.1 Å². The molecule has 3 fully saturated rings. The topological polar surface area (TPSA) is 80.1 Å². The van der Waals surface area contributed by atoms with Gasteiger partial charge in [0.1, 0.15) is 11.7 Å². The number of hydrogen-bond donors (Lipinski definition) is 1. The van der Waals surface area contributed by atoms with E-state index in [2.05, 4.69) is 15.4 Å². The standard InChI is InChI=1S/C19H20FN5O2/c1-12(17(27)24-8-5-18(11-24)14-9-19(14,18)20)23-16(26)13-3-4-15(21-10-13)25-7-2-6-22-25/h2-4,6-7,10,12,14H,5,8-9,11H2,1H3,(H,23,26)/t12-,14?,18-,19?/m1/s1. The highest BCUT2D eigenvalue weighted by Crippen LogP contribution is 2.85. The van der Waals surface area contributed by atoms with Gasteiger partial charge in [-0.1, -0.05) is 0 Å². The van der Waals surface area contributed by atoms with Crippen molar-refractivity contribution in [1.82, 2.24) is 25.0 Å². The van der Waals surface area contributed by atoms with Crippen molar-refractivity contribution in [3.63, 3.8) is 0 Å². The maximum Gasteiger partial charge on any atom is 0.253 e. The summed E-state index contributed by atoms with van der Waals surface area (Å²) in [7, 11) is 0. The summed E-state index contributed by atoms with van der Waals surface area (Å²) in [5.74, 6) is 0.245. The molecule has 0 aromatic carbocycles. The Balaban J connectivity index is 1.20. The van der Waals surface area contributed by atoms with Gasteiger partial charge in [-0.25, -0.2) is 14.1 Å². The van der Waals surface area contributed by atoms with Gasteiger partial charge in [0.2, 0.25) is 5.91 Å². The zero-order chi connectivity index (χ0) is 18.8. The third-order valence-corrected chi connectivity index (χ3v) is 6.38. The van der Waals surface area contributed by atoms with E-state index >= 15 is 0 Å². The van der Waals surface area contributed by atoms with Gasteiger partial charge in [0.25, 0.3) is 5.91 Å². The molecule has 1 spiro atoms. The predicted molar refractivity (Wildman–Crippen MR) is 93.9 cm³/mol. The molecular weight excluding hydrogens is 349 g/mol. The summed E-state index contributed by atoms with van der Waals surface area (Å²) in [5.41, 5.74) is -0.913. The lowest BCUT2D eigenvalue weighted by Crippen LogP contribution is -2.46. The molecule has 5 rings (SSSR count). The summed E-state index contributed by atoms with van der Waals surface area (Å²) in [6.07, 6.45) is 6.26. The Hall–Kier alpha value is -2.77. The van der Waals surface area contributed by atoms with Crippen molar-refractivity contribution in [1.29, 1.82) is 0 Å². The second-order valence-corrected chi connectivity index (χ2v) is 7.84. The van der Waals surface area contributed by atoms with Gasteiger partial charge < -0.3 is 10.2 Å². The van der Waals surface area contributed by atoms with Crippen molar-refractivity contribution < 1.29 is 14.0 Å². The summed E-state index contributed by atoms with van der Waals surface area (Å²) in [6, 6.07) is 4.46. The Bertz CT molecular complexity index is 915. The fourth-order valence-electron chi connectivity index (χ4n) is 4.54. The summed E-state index contributed by atoms with van der Waals surface area (Å²) in [6.45, 7) is 2.71. The molecule has 7 nitrogen and oxygen atoms in total. The third-order valence-electron chi connectivity index (χ3n) is 6.38. The first-order chi connectivity index (χ1) is 12.9. The lowest BCUT2D eigenvalue weighted by atomic mass is 9.93. The summed E-state index contributed by atoms with van der Waals surface area (Å²) in [5, 5.41) is 6.80. The molecule has 1 saturated heterocycles. The normalized spacial score (nSPS) is 31.5. The Labute approximate surface area is 155 Å². The minimum absolute atomic E-state index is 0.156. The number of rotatable bonds is 4. The Morgan fingerprint density at radius 1 is 1.41 bits per heavy atom. The van der Waals surface area contributed by atoms with Gasteiger partial charge in [-0.05, 0) is 38.0 Å². The van der Waals surface area contributed by atoms with E-state index in [1.807, 2.05) is 0 Å². The van der Waals surface area contributed by atoms with E-state index in [9.17, 15) is 14.0 Å². The molecule has 2 unspecified atom stereocenters. The molecular formula is C19H20FN5O2. The Morgan fingerprint density at radius 3 is 2.78 bits per heavy atom. The predicted octanol–water partition coefficient (Wildman–Crippen LogP) is 1.35.